The third-order valence-electron chi connectivity index (χ3n) is 3.68. The van der Waals surface area contributed by atoms with Gasteiger partial charge in [0.15, 0.2) is 12.5 Å². The van der Waals surface area contributed by atoms with Crippen LogP contribution in [0, 0.1) is 0 Å². The van der Waals surface area contributed by atoms with Gasteiger partial charge in [-0.25, -0.2) is 9.59 Å². The minimum Gasteiger partial charge on any atom is -0.457 e. The van der Waals surface area contributed by atoms with E-state index >= 15 is 0 Å². The molecule has 3 rings (SSSR count). The van der Waals surface area contributed by atoms with E-state index in [-0.39, 0.29) is 13.2 Å². The number of carbonyl (C=O) groups is 1. The van der Waals surface area contributed by atoms with Gasteiger partial charge in [0.1, 0.15) is 12.2 Å². The molecule has 0 radical (unpaired) electrons. The highest BCUT2D eigenvalue weighted by atomic mass is 19.4. The van der Waals surface area contributed by atoms with Gasteiger partial charge in [-0.05, 0) is 12.1 Å². The molecule has 1 aromatic heterocycles. The van der Waals surface area contributed by atoms with Gasteiger partial charge in [-0.2, -0.15) is 13.2 Å². The monoisotopic (exact) mass is 386 g/mol. The molecule has 0 bridgehead atoms. The second-order valence-electron chi connectivity index (χ2n) is 5.53. The van der Waals surface area contributed by atoms with Crippen molar-refractivity contribution in [3.8, 4) is 0 Å². The molecule has 0 aliphatic carbocycles. The molecular weight excluding hydrogens is 373 g/mol. The molecule has 1 N–H and O–H groups in total. The molecule has 2 aromatic rings. The highest BCUT2D eigenvalue weighted by Gasteiger charge is 2.37. The maximum Gasteiger partial charge on any atom is 0.423 e. The molecule has 2 unspecified atom stereocenters. The van der Waals surface area contributed by atoms with Crippen molar-refractivity contribution < 1.29 is 32.2 Å². The summed E-state index contributed by atoms with van der Waals surface area (Å²) in [6.07, 6.45) is -6.85. The lowest BCUT2D eigenvalue weighted by atomic mass is 10.2. The molecule has 2 atom stereocenters. The molecule has 11 heteroatoms. The van der Waals surface area contributed by atoms with E-state index < -0.39 is 41.5 Å². The highest BCUT2D eigenvalue weighted by Crippen LogP contribution is 2.27. The molecule has 0 spiro atoms. The summed E-state index contributed by atoms with van der Waals surface area (Å²) in [5, 5.41) is 0. The van der Waals surface area contributed by atoms with Crippen molar-refractivity contribution in [2.45, 2.75) is 18.7 Å². The van der Waals surface area contributed by atoms with E-state index in [0.717, 1.165) is 0 Å². The summed E-state index contributed by atoms with van der Waals surface area (Å²) in [7, 11) is 0. The number of hydrogen-bond acceptors (Lipinski definition) is 6. The first-order valence-corrected chi connectivity index (χ1v) is 7.67. The Morgan fingerprint density at radius 2 is 1.96 bits per heavy atom. The Bertz CT molecular complexity index is 938. The molecule has 0 amide bonds. The number of hydrogen-bond donors (Lipinski definition) is 1. The number of aromatic nitrogens is 2. The number of esters is 1. The van der Waals surface area contributed by atoms with E-state index in [1.54, 1.807) is 35.3 Å². The number of ether oxygens (including phenoxy) is 3. The van der Waals surface area contributed by atoms with Gasteiger partial charge in [-0.3, -0.25) is 14.3 Å². The van der Waals surface area contributed by atoms with Gasteiger partial charge in [-0.15, -0.1) is 0 Å². The first kappa shape index (κ1) is 18.9. The van der Waals surface area contributed by atoms with Crippen LogP contribution in [-0.2, 0) is 20.4 Å². The first-order chi connectivity index (χ1) is 12.8. The van der Waals surface area contributed by atoms with Gasteiger partial charge >= 0.3 is 17.8 Å². The normalized spacial score (nSPS) is 19.8. The van der Waals surface area contributed by atoms with Gasteiger partial charge < -0.3 is 14.2 Å². The third-order valence-corrected chi connectivity index (χ3v) is 3.68. The maximum absolute atomic E-state index is 12.8. The minimum atomic E-state index is -4.94. The number of H-pyrrole nitrogens is 1. The van der Waals surface area contributed by atoms with Crippen LogP contribution in [0.4, 0.5) is 13.2 Å². The van der Waals surface area contributed by atoms with E-state index in [2.05, 4.69) is 0 Å². The Labute approximate surface area is 149 Å². The lowest BCUT2D eigenvalue weighted by Gasteiger charge is -2.15. The smallest absolute Gasteiger partial charge is 0.423 e. The average Bonchev–Trinajstić information content (AvgIpc) is 3.08. The molecule has 8 nitrogen and oxygen atoms in total. The summed E-state index contributed by atoms with van der Waals surface area (Å²) in [5.41, 5.74) is -3.86. The van der Waals surface area contributed by atoms with E-state index in [1.165, 1.54) is 0 Å². The Morgan fingerprint density at radius 3 is 2.63 bits per heavy atom. The van der Waals surface area contributed by atoms with E-state index in [1.807, 2.05) is 0 Å². The Morgan fingerprint density at radius 1 is 1.26 bits per heavy atom. The van der Waals surface area contributed by atoms with Crippen molar-refractivity contribution in [1.82, 2.24) is 9.55 Å². The Kier molecular flexibility index (Phi) is 5.15. The van der Waals surface area contributed by atoms with Crippen LogP contribution in [0.25, 0.3) is 0 Å². The van der Waals surface area contributed by atoms with Crippen LogP contribution in [0.5, 0.6) is 0 Å². The molecular formula is C16H13F3N2O6. The molecule has 1 saturated heterocycles. The zero-order chi connectivity index (χ0) is 19.6. The van der Waals surface area contributed by atoms with Crippen molar-refractivity contribution >= 4 is 5.97 Å². The van der Waals surface area contributed by atoms with Crippen LogP contribution < -0.4 is 11.2 Å². The average molecular weight is 386 g/mol. The molecule has 1 aliphatic heterocycles. The Hall–Kier alpha value is -2.92. The van der Waals surface area contributed by atoms with Crippen LogP contribution in [0.3, 0.4) is 0 Å². The standard InChI is InChI=1S/C16H13F3N2O6/c17-16(18,19)10-6-21(15(24)20-13(10)22)11-7-25-12(27-11)8-26-14(23)9-4-2-1-3-5-9/h1-6,11-12H,7-8H2,(H,20,22,24). The molecule has 1 aromatic carbocycles. The van der Waals surface area contributed by atoms with Crippen LogP contribution in [0.2, 0.25) is 0 Å². The number of aromatic amines is 1. The Balaban J connectivity index is 1.67. The summed E-state index contributed by atoms with van der Waals surface area (Å²) in [6.45, 7) is -0.592. The maximum atomic E-state index is 12.8. The molecule has 2 heterocycles. The minimum absolute atomic E-state index is 0.267. The fourth-order valence-corrected chi connectivity index (χ4v) is 2.38. The zero-order valence-electron chi connectivity index (χ0n) is 13.6. The topological polar surface area (TPSA) is 99.6 Å². The number of rotatable bonds is 4. The van der Waals surface area contributed by atoms with Crippen molar-refractivity contribution in [2.75, 3.05) is 13.2 Å². The van der Waals surface area contributed by atoms with Crippen molar-refractivity contribution in [3.05, 3.63) is 68.5 Å². The fourth-order valence-electron chi connectivity index (χ4n) is 2.38. The number of carbonyl (C=O) groups excluding carboxylic acids is 1. The summed E-state index contributed by atoms with van der Waals surface area (Å²) < 4.78 is 54.6. The lowest BCUT2D eigenvalue weighted by molar-refractivity contribution is -0.139. The molecule has 0 saturated carbocycles. The summed E-state index contributed by atoms with van der Waals surface area (Å²) in [5.74, 6) is -0.633. The highest BCUT2D eigenvalue weighted by molar-refractivity contribution is 5.89. The van der Waals surface area contributed by atoms with Gasteiger partial charge in [0, 0.05) is 6.20 Å². The predicted molar refractivity (Wildman–Crippen MR) is 82.9 cm³/mol. The molecule has 144 valence electrons. The largest absolute Gasteiger partial charge is 0.457 e. The summed E-state index contributed by atoms with van der Waals surface area (Å²) in [6, 6.07) is 8.10. The van der Waals surface area contributed by atoms with Gasteiger partial charge in [-0.1, -0.05) is 18.2 Å². The van der Waals surface area contributed by atoms with Gasteiger partial charge in [0.25, 0.3) is 5.56 Å². The zero-order valence-corrected chi connectivity index (χ0v) is 13.6. The van der Waals surface area contributed by atoms with Gasteiger partial charge in [0.2, 0.25) is 0 Å². The fraction of sp³-hybridized carbons (Fsp3) is 0.312. The predicted octanol–water partition coefficient (Wildman–Crippen LogP) is 1.28. The molecule has 1 fully saturated rings. The third kappa shape index (κ3) is 4.26. The number of halogens is 3. The number of alkyl halides is 3. The van der Waals surface area contributed by atoms with Crippen LogP contribution in [0.15, 0.2) is 46.1 Å². The van der Waals surface area contributed by atoms with Crippen molar-refractivity contribution in [2.24, 2.45) is 0 Å². The quantitative estimate of drug-likeness (QED) is 0.795. The number of nitrogens with one attached hydrogen (secondary N) is 1. The number of benzene rings is 1. The molecule has 27 heavy (non-hydrogen) atoms. The van der Waals surface area contributed by atoms with E-state index in [9.17, 15) is 27.6 Å². The van der Waals surface area contributed by atoms with E-state index in [0.29, 0.717) is 16.3 Å². The van der Waals surface area contributed by atoms with E-state index in [4.69, 9.17) is 14.2 Å². The lowest BCUT2D eigenvalue weighted by Crippen LogP contribution is -2.37. The van der Waals surface area contributed by atoms with Crippen LogP contribution in [0.1, 0.15) is 22.1 Å². The van der Waals surface area contributed by atoms with Crippen molar-refractivity contribution in [1.29, 1.82) is 0 Å². The van der Waals surface area contributed by atoms with Crippen molar-refractivity contribution in [3.63, 3.8) is 0 Å². The van der Waals surface area contributed by atoms with Crippen LogP contribution >= 0.6 is 0 Å². The summed E-state index contributed by atoms with van der Waals surface area (Å²) >= 11 is 0. The van der Waals surface area contributed by atoms with Crippen LogP contribution in [-0.4, -0.2) is 35.0 Å². The second-order valence-corrected chi connectivity index (χ2v) is 5.53. The SMILES string of the molecule is O=C(OCC1OCC(n2cc(C(F)(F)F)c(=O)[nH]c2=O)O1)c1ccccc1. The summed E-state index contributed by atoms with van der Waals surface area (Å²) in [4.78, 5) is 36.5. The molecule has 1 aliphatic rings. The first-order valence-electron chi connectivity index (χ1n) is 7.67. The van der Waals surface area contributed by atoms with Gasteiger partial charge in [0.05, 0.1) is 12.2 Å². The number of nitrogens with zero attached hydrogens (tertiary/aromatic N) is 1. The second kappa shape index (κ2) is 7.37.